The van der Waals surface area contributed by atoms with Gasteiger partial charge in [-0.15, -0.1) is 10.2 Å². The van der Waals surface area contributed by atoms with E-state index in [2.05, 4.69) is 20.8 Å². The lowest BCUT2D eigenvalue weighted by Crippen LogP contribution is -2.14. The molecule has 2 amide bonds. The molecular weight excluding hydrogens is 312 g/mol. The quantitative estimate of drug-likeness (QED) is 0.796. The minimum atomic E-state index is -0.114. The normalized spacial score (nSPS) is 10.2. The molecule has 1 aromatic carbocycles. The van der Waals surface area contributed by atoms with E-state index in [0.29, 0.717) is 17.3 Å². The number of rotatable bonds is 6. The molecular formula is C16H18N4O2S. The van der Waals surface area contributed by atoms with Crippen LogP contribution in [-0.4, -0.2) is 27.8 Å². The Hall–Kier alpha value is -2.41. The molecule has 2 N–H and O–H groups in total. The third-order valence-electron chi connectivity index (χ3n) is 2.92. The second kappa shape index (κ2) is 8.28. The van der Waals surface area contributed by atoms with Gasteiger partial charge in [0.25, 0.3) is 0 Å². The Morgan fingerprint density at radius 2 is 1.74 bits per heavy atom. The first-order chi connectivity index (χ1) is 11.1. The number of hydrogen-bond donors (Lipinski definition) is 2. The van der Waals surface area contributed by atoms with Crippen LogP contribution in [0.3, 0.4) is 0 Å². The SMILES string of the molecule is CCC(=O)Nc1ccc(SCC(=O)Nc2ccc(C)cc2)nn1. The van der Waals surface area contributed by atoms with Crippen LogP contribution >= 0.6 is 11.8 Å². The molecule has 7 heteroatoms. The van der Waals surface area contributed by atoms with Crippen molar-refractivity contribution in [2.45, 2.75) is 25.3 Å². The van der Waals surface area contributed by atoms with E-state index in [1.165, 1.54) is 11.8 Å². The second-order valence-corrected chi connectivity index (χ2v) is 5.86. The Kier molecular flexibility index (Phi) is 6.10. The maximum Gasteiger partial charge on any atom is 0.234 e. The lowest BCUT2D eigenvalue weighted by molar-refractivity contribution is -0.116. The van der Waals surface area contributed by atoms with E-state index in [0.717, 1.165) is 11.3 Å². The first-order valence-corrected chi connectivity index (χ1v) is 8.18. The van der Waals surface area contributed by atoms with Crippen molar-refractivity contribution in [1.82, 2.24) is 10.2 Å². The zero-order chi connectivity index (χ0) is 16.7. The molecule has 2 rings (SSSR count). The minimum Gasteiger partial charge on any atom is -0.325 e. The predicted molar refractivity (Wildman–Crippen MR) is 91.5 cm³/mol. The summed E-state index contributed by atoms with van der Waals surface area (Å²) in [4.78, 5) is 23.1. The van der Waals surface area contributed by atoms with Crippen molar-refractivity contribution in [3.63, 3.8) is 0 Å². The van der Waals surface area contributed by atoms with Gasteiger partial charge in [-0.2, -0.15) is 0 Å². The van der Waals surface area contributed by atoms with E-state index in [4.69, 9.17) is 0 Å². The fraction of sp³-hybridized carbons (Fsp3) is 0.250. The van der Waals surface area contributed by atoms with Crippen molar-refractivity contribution in [1.29, 1.82) is 0 Å². The second-order valence-electron chi connectivity index (χ2n) is 4.86. The van der Waals surface area contributed by atoms with E-state index in [1.807, 2.05) is 31.2 Å². The highest BCUT2D eigenvalue weighted by atomic mass is 32.2. The molecule has 1 heterocycles. The Labute approximate surface area is 139 Å². The molecule has 0 spiro atoms. The van der Waals surface area contributed by atoms with Gasteiger partial charge in [0.15, 0.2) is 5.82 Å². The minimum absolute atomic E-state index is 0.107. The number of anilines is 2. The maximum atomic E-state index is 11.9. The zero-order valence-corrected chi connectivity index (χ0v) is 13.8. The molecule has 6 nitrogen and oxygen atoms in total. The van der Waals surface area contributed by atoms with Crippen LogP contribution in [0.1, 0.15) is 18.9 Å². The summed E-state index contributed by atoms with van der Waals surface area (Å²) in [6.45, 7) is 3.76. The summed E-state index contributed by atoms with van der Waals surface area (Å²) in [5.41, 5.74) is 1.91. The van der Waals surface area contributed by atoms with Gasteiger partial charge in [-0.25, -0.2) is 0 Å². The van der Waals surface area contributed by atoms with Gasteiger partial charge in [0.2, 0.25) is 11.8 Å². The van der Waals surface area contributed by atoms with Crippen LogP contribution in [0.15, 0.2) is 41.4 Å². The van der Waals surface area contributed by atoms with Gasteiger partial charge in [-0.05, 0) is 31.2 Å². The number of aromatic nitrogens is 2. The lowest BCUT2D eigenvalue weighted by Gasteiger charge is -2.05. The number of amides is 2. The first-order valence-electron chi connectivity index (χ1n) is 7.19. The average molecular weight is 330 g/mol. The van der Waals surface area contributed by atoms with E-state index < -0.39 is 0 Å². The fourth-order valence-electron chi connectivity index (χ4n) is 1.67. The number of nitrogens with one attached hydrogen (secondary N) is 2. The van der Waals surface area contributed by atoms with Crippen LogP contribution in [0.5, 0.6) is 0 Å². The summed E-state index contributed by atoms with van der Waals surface area (Å²) < 4.78 is 0. The molecule has 23 heavy (non-hydrogen) atoms. The molecule has 0 unspecified atom stereocenters. The van der Waals surface area contributed by atoms with Gasteiger partial charge in [0.05, 0.1) is 5.75 Å². The monoisotopic (exact) mass is 330 g/mol. The van der Waals surface area contributed by atoms with Crippen LogP contribution in [0.2, 0.25) is 0 Å². The van der Waals surface area contributed by atoms with Gasteiger partial charge in [-0.3, -0.25) is 9.59 Å². The zero-order valence-electron chi connectivity index (χ0n) is 13.0. The highest BCUT2D eigenvalue weighted by Crippen LogP contribution is 2.16. The molecule has 1 aromatic heterocycles. The first kappa shape index (κ1) is 17.0. The highest BCUT2D eigenvalue weighted by Gasteiger charge is 2.06. The van der Waals surface area contributed by atoms with Gasteiger partial charge in [0, 0.05) is 12.1 Å². The Morgan fingerprint density at radius 1 is 1.00 bits per heavy atom. The number of benzene rings is 1. The van der Waals surface area contributed by atoms with Crippen LogP contribution < -0.4 is 10.6 Å². The smallest absolute Gasteiger partial charge is 0.234 e. The largest absolute Gasteiger partial charge is 0.325 e. The predicted octanol–water partition coefficient (Wildman–Crippen LogP) is 2.86. The van der Waals surface area contributed by atoms with Gasteiger partial charge in [-0.1, -0.05) is 36.4 Å². The molecule has 0 aliphatic heterocycles. The van der Waals surface area contributed by atoms with E-state index in [9.17, 15) is 9.59 Å². The van der Waals surface area contributed by atoms with Crippen molar-refractivity contribution in [2.75, 3.05) is 16.4 Å². The van der Waals surface area contributed by atoms with Gasteiger partial charge < -0.3 is 10.6 Å². The van der Waals surface area contributed by atoms with E-state index in [1.54, 1.807) is 19.1 Å². The van der Waals surface area contributed by atoms with Crippen molar-refractivity contribution in [2.24, 2.45) is 0 Å². The number of hydrogen-bond acceptors (Lipinski definition) is 5. The molecule has 0 atom stereocenters. The third kappa shape index (κ3) is 5.71. The summed E-state index contributed by atoms with van der Waals surface area (Å²) in [5.74, 6) is 0.426. The van der Waals surface area contributed by atoms with Crippen LogP contribution in [0.4, 0.5) is 11.5 Å². The Morgan fingerprint density at radius 3 is 2.35 bits per heavy atom. The molecule has 0 saturated heterocycles. The molecule has 0 bridgehead atoms. The fourth-order valence-corrected chi connectivity index (χ4v) is 2.28. The van der Waals surface area contributed by atoms with Crippen molar-refractivity contribution >= 4 is 35.1 Å². The summed E-state index contributed by atoms with van der Waals surface area (Å²) in [5, 5.41) is 13.9. The molecule has 120 valence electrons. The molecule has 0 aliphatic carbocycles. The Bertz CT molecular complexity index is 671. The van der Waals surface area contributed by atoms with E-state index in [-0.39, 0.29) is 17.6 Å². The molecule has 0 aliphatic rings. The maximum absolute atomic E-state index is 11.9. The topological polar surface area (TPSA) is 84.0 Å². The van der Waals surface area contributed by atoms with Gasteiger partial charge in [0.1, 0.15) is 5.03 Å². The van der Waals surface area contributed by atoms with Crippen LogP contribution in [0, 0.1) is 6.92 Å². The summed E-state index contributed by atoms with van der Waals surface area (Å²) in [6, 6.07) is 11.0. The van der Waals surface area contributed by atoms with Gasteiger partial charge >= 0.3 is 0 Å². The Balaban J connectivity index is 1.82. The van der Waals surface area contributed by atoms with Crippen LogP contribution in [-0.2, 0) is 9.59 Å². The number of thioether (sulfide) groups is 1. The lowest BCUT2D eigenvalue weighted by atomic mass is 10.2. The standard InChI is InChI=1S/C16H18N4O2S/c1-3-14(21)18-13-8-9-16(20-19-13)23-10-15(22)17-12-6-4-11(2)5-7-12/h4-9H,3,10H2,1-2H3,(H,17,22)(H,18,19,21). The number of aryl methyl sites for hydroxylation is 1. The number of nitrogens with zero attached hydrogens (tertiary/aromatic N) is 2. The summed E-state index contributed by atoms with van der Waals surface area (Å²) in [7, 11) is 0. The summed E-state index contributed by atoms with van der Waals surface area (Å²) in [6.07, 6.45) is 0.386. The average Bonchev–Trinajstić information content (AvgIpc) is 2.56. The molecule has 0 fully saturated rings. The van der Waals surface area contributed by atoms with E-state index >= 15 is 0 Å². The number of carbonyl (C=O) groups is 2. The molecule has 2 aromatic rings. The number of carbonyl (C=O) groups excluding carboxylic acids is 2. The molecule has 0 radical (unpaired) electrons. The van der Waals surface area contributed by atoms with Crippen LogP contribution in [0.25, 0.3) is 0 Å². The van der Waals surface area contributed by atoms with Crippen molar-refractivity contribution in [3.8, 4) is 0 Å². The highest BCUT2D eigenvalue weighted by molar-refractivity contribution is 7.99. The third-order valence-corrected chi connectivity index (χ3v) is 3.84. The van der Waals surface area contributed by atoms with Crippen molar-refractivity contribution in [3.05, 3.63) is 42.0 Å². The molecule has 0 saturated carbocycles. The van der Waals surface area contributed by atoms with Crippen molar-refractivity contribution < 1.29 is 9.59 Å². The summed E-state index contributed by atoms with van der Waals surface area (Å²) >= 11 is 1.29.